The number of methoxy groups -OCH3 is 1. The number of hydrogen-bond donors (Lipinski definition) is 0. The highest BCUT2D eigenvalue weighted by atomic mass is 35.5. The SMILES string of the molecule is COC(=O)C1CCCCN1C(=O)COc1ccc(Cl)cc1. The first-order valence-electron chi connectivity index (χ1n) is 6.87. The van der Waals surface area contributed by atoms with E-state index in [4.69, 9.17) is 21.1 Å². The molecule has 0 spiro atoms. The Morgan fingerprint density at radius 1 is 1.29 bits per heavy atom. The van der Waals surface area contributed by atoms with Crippen molar-refractivity contribution in [3.05, 3.63) is 29.3 Å². The van der Waals surface area contributed by atoms with Crippen molar-refractivity contribution in [2.75, 3.05) is 20.3 Å². The van der Waals surface area contributed by atoms with E-state index in [1.54, 1.807) is 29.2 Å². The first-order chi connectivity index (χ1) is 10.1. The Morgan fingerprint density at radius 3 is 2.67 bits per heavy atom. The van der Waals surface area contributed by atoms with Crippen LogP contribution in [-0.2, 0) is 14.3 Å². The lowest BCUT2D eigenvalue weighted by Crippen LogP contribution is -2.50. The lowest BCUT2D eigenvalue weighted by atomic mass is 10.0. The average molecular weight is 312 g/mol. The fraction of sp³-hybridized carbons (Fsp3) is 0.467. The highest BCUT2D eigenvalue weighted by molar-refractivity contribution is 6.30. The number of benzene rings is 1. The molecule has 1 aromatic rings. The summed E-state index contributed by atoms with van der Waals surface area (Å²) in [5.41, 5.74) is 0. The lowest BCUT2D eigenvalue weighted by molar-refractivity contribution is -0.155. The number of nitrogens with zero attached hydrogens (tertiary/aromatic N) is 1. The molecule has 2 rings (SSSR count). The van der Waals surface area contributed by atoms with E-state index >= 15 is 0 Å². The van der Waals surface area contributed by atoms with Gasteiger partial charge in [0.25, 0.3) is 5.91 Å². The van der Waals surface area contributed by atoms with Crippen LogP contribution in [0.5, 0.6) is 5.75 Å². The summed E-state index contributed by atoms with van der Waals surface area (Å²) in [7, 11) is 1.34. The van der Waals surface area contributed by atoms with Crippen LogP contribution in [-0.4, -0.2) is 43.1 Å². The molecule has 0 bridgehead atoms. The van der Waals surface area contributed by atoms with Crippen LogP contribution < -0.4 is 4.74 Å². The summed E-state index contributed by atoms with van der Waals surface area (Å²) in [6, 6.07) is 6.29. The molecule has 114 valence electrons. The van der Waals surface area contributed by atoms with Crippen molar-refractivity contribution in [3.63, 3.8) is 0 Å². The zero-order chi connectivity index (χ0) is 15.2. The first-order valence-corrected chi connectivity index (χ1v) is 7.25. The van der Waals surface area contributed by atoms with Gasteiger partial charge in [-0.3, -0.25) is 4.79 Å². The van der Waals surface area contributed by atoms with Crippen LogP contribution in [0.2, 0.25) is 5.02 Å². The van der Waals surface area contributed by atoms with Gasteiger partial charge in [-0.05, 0) is 43.5 Å². The number of esters is 1. The fourth-order valence-corrected chi connectivity index (χ4v) is 2.50. The molecule has 6 heteroatoms. The third kappa shape index (κ3) is 4.11. The minimum absolute atomic E-state index is 0.102. The van der Waals surface area contributed by atoms with Gasteiger partial charge in [0, 0.05) is 11.6 Å². The molecule has 21 heavy (non-hydrogen) atoms. The molecule has 1 unspecified atom stereocenters. The van der Waals surface area contributed by atoms with Crippen molar-refractivity contribution in [2.45, 2.75) is 25.3 Å². The number of carbonyl (C=O) groups is 2. The number of carbonyl (C=O) groups excluding carboxylic acids is 2. The van der Waals surface area contributed by atoms with Crippen LogP contribution in [0.3, 0.4) is 0 Å². The highest BCUT2D eigenvalue weighted by Gasteiger charge is 2.32. The maximum Gasteiger partial charge on any atom is 0.328 e. The van der Waals surface area contributed by atoms with E-state index in [9.17, 15) is 9.59 Å². The predicted octanol–water partition coefficient (Wildman–Crippen LogP) is 2.27. The molecule has 0 radical (unpaired) electrons. The number of amides is 1. The summed E-state index contributed by atoms with van der Waals surface area (Å²) in [5.74, 6) is -0.00558. The topological polar surface area (TPSA) is 55.8 Å². The Labute approximate surface area is 128 Å². The zero-order valence-corrected chi connectivity index (χ0v) is 12.6. The van der Waals surface area contributed by atoms with Crippen LogP contribution in [0.1, 0.15) is 19.3 Å². The molecule has 1 aliphatic heterocycles. The molecule has 1 aliphatic rings. The Bertz CT molecular complexity index is 503. The number of piperidine rings is 1. The minimum Gasteiger partial charge on any atom is -0.484 e. The Hall–Kier alpha value is -1.75. The van der Waals surface area contributed by atoms with Gasteiger partial charge in [-0.1, -0.05) is 11.6 Å². The zero-order valence-electron chi connectivity index (χ0n) is 11.9. The van der Waals surface area contributed by atoms with Crippen LogP contribution in [0, 0.1) is 0 Å². The van der Waals surface area contributed by atoms with Gasteiger partial charge >= 0.3 is 5.97 Å². The maximum atomic E-state index is 12.2. The number of ether oxygens (including phenoxy) is 2. The molecule has 1 saturated heterocycles. The second kappa shape index (κ2) is 7.31. The standard InChI is InChI=1S/C15H18ClNO4/c1-20-15(19)13-4-2-3-9-17(13)14(18)10-21-12-7-5-11(16)6-8-12/h5-8,13H,2-4,9-10H2,1H3. The van der Waals surface area contributed by atoms with Gasteiger partial charge in [0.05, 0.1) is 7.11 Å². The maximum absolute atomic E-state index is 12.2. The average Bonchev–Trinajstić information content (AvgIpc) is 2.53. The number of rotatable bonds is 4. The van der Waals surface area contributed by atoms with Crippen LogP contribution >= 0.6 is 11.6 Å². The Balaban J connectivity index is 1.94. The predicted molar refractivity (Wildman–Crippen MR) is 78.3 cm³/mol. The second-order valence-corrected chi connectivity index (χ2v) is 5.30. The molecular formula is C15H18ClNO4. The molecule has 1 amide bonds. The van der Waals surface area contributed by atoms with Gasteiger partial charge in [-0.2, -0.15) is 0 Å². The van der Waals surface area contributed by atoms with E-state index in [-0.39, 0.29) is 18.5 Å². The van der Waals surface area contributed by atoms with Crippen molar-refractivity contribution in [1.29, 1.82) is 0 Å². The molecule has 0 aliphatic carbocycles. The number of hydrogen-bond acceptors (Lipinski definition) is 4. The van der Waals surface area contributed by atoms with Gasteiger partial charge in [0.1, 0.15) is 11.8 Å². The monoisotopic (exact) mass is 311 g/mol. The van der Waals surface area contributed by atoms with Crippen molar-refractivity contribution < 1.29 is 19.1 Å². The van der Waals surface area contributed by atoms with Crippen molar-refractivity contribution >= 4 is 23.5 Å². The first kappa shape index (κ1) is 15.6. The van der Waals surface area contributed by atoms with Crippen molar-refractivity contribution in [3.8, 4) is 5.75 Å². The molecular weight excluding hydrogens is 294 g/mol. The van der Waals surface area contributed by atoms with Crippen molar-refractivity contribution in [1.82, 2.24) is 4.90 Å². The van der Waals surface area contributed by atoms with Crippen molar-refractivity contribution in [2.24, 2.45) is 0 Å². The van der Waals surface area contributed by atoms with Gasteiger partial charge in [-0.25, -0.2) is 4.79 Å². The second-order valence-electron chi connectivity index (χ2n) is 4.86. The summed E-state index contributed by atoms with van der Waals surface area (Å²) >= 11 is 5.78. The molecule has 5 nitrogen and oxygen atoms in total. The molecule has 0 saturated carbocycles. The largest absolute Gasteiger partial charge is 0.484 e. The van der Waals surface area contributed by atoms with E-state index in [2.05, 4.69) is 0 Å². The molecule has 1 heterocycles. The molecule has 0 N–H and O–H groups in total. The fourth-order valence-electron chi connectivity index (χ4n) is 2.37. The van der Waals surface area contributed by atoms with E-state index in [0.29, 0.717) is 23.7 Å². The van der Waals surface area contributed by atoms with Gasteiger partial charge in [-0.15, -0.1) is 0 Å². The molecule has 1 atom stereocenters. The van der Waals surface area contributed by atoms with Crippen LogP contribution in [0.4, 0.5) is 0 Å². The van der Waals surface area contributed by atoms with Crippen LogP contribution in [0.15, 0.2) is 24.3 Å². The molecule has 1 fully saturated rings. The third-order valence-electron chi connectivity index (χ3n) is 3.47. The minimum atomic E-state index is -0.495. The Morgan fingerprint density at radius 2 is 2.00 bits per heavy atom. The van der Waals surface area contributed by atoms with E-state index in [1.165, 1.54) is 7.11 Å². The number of likely N-dealkylation sites (tertiary alicyclic amines) is 1. The van der Waals surface area contributed by atoms with Gasteiger partial charge in [0.2, 0.25) is 0 Å². The van der Waals surface area contributed by atoms with Gasteiger partial charge in [0.15, 0.2) is 6.61 Å². The Kier molecular flexibility index (Phi) is 5.44. The lowest BCUT2D eigenvalue weighted by Gasteiger charge is -2.33. The van der Waals surface area contributed by atoms with E-state index < -0.39 is 6.04 Å². The summed E-state index contributed by atoms with van der Waals surface area (Å²) in [6.07, 6.45) is 2.45. The quantitative estimate of drug-likeness (QED) is 0.801. The molecule has 0 aromatic heterocycles. The number of halogens is 1. The normalized spacial score (nSPS) is 18.2. The summed E-state index contributed by atoms with van der Waals surface area (Å²) in [4.78, 5) is 25.5. The van der Waals surface area contributed by atoms with Crippen LogP contribution in [0.25, 0.3) is 0 Å². The molecule has 1 aromatic carbocycles. The van der Waals surface area contributed by atoms with E-state index in [1.807, 2.05) is 0 Å². The summed E-state index contributed by atoms with van der Waals surface area (Å²) in [5, 5.41) is 0.607. The summed E-state index contributed by atoms with van der Waals surface area (Å²) < 4.78 is 10.2. The van der Waals surface area contributed by atoms with E-state index in [0.717, 1.165) is 12.8 Å². The van der Waals surface area contributed by atoms with Gasteiger partial charge < -0.3 is 14.4 Å². The smallest absolute Gasteiger partial charge is 0.328 e. The third-order valence-corrected chi connectivity index (χ3v) is 3.72. The summed E-state index contributed by atoms with van der Waals surface area (Å²) in [6.45, 7) is 0.456. The highest BCUT2D eigenvalue weighted by Crippen LogP contribution is 2.19.